The molecule has 1 rings (SSSR count). The number of amides is 1. The third kappa shape index (κ3) is 41.4. The minimum Gasteiger partial charge on any atom is -0.394 e. The van der Waals surface area contributed by atoms with Crippen LogP contribution < -0.4 is 5.32 Å². The molecule has 1 aliphatic heterocycles. The summed E-state index contributed by atoms with van der Waals surface area (Å²) in [6.45, 7) is 3.80. The molecule has 0 radical (unpaired) electrons. The lowest BCUT2D eigenvalue weighted by Gasteiger charge is -2.40. The highest BCUT2D eigenvalue weighted by Crippen LogP contribution is 2.23. The number of carbonyl (C=O) groups is 1. The maximum Gasteiger partial charge on any atom is 0.220 e. The van der Waals surface area contributed by atoms with Gasteiger partial charge in [-0.15, -0.1) is 0 Å². The minimum atomic E-state index is -1.57. The van der Waals surface area contributed by atoms with E-state index in [0.717, 1.165) is 44.9 Å². The van der Waals surface area contributed by atoms with E-state index in [2.05, 4.69) is 43.5 Å². The zero-order valence-corrected chi connectivity index (χ0v) is 46.5. The normalized spacial score (nSPS) is 19.5. The van der Waals surface area contributed by atoms with E-state index in [9.17, 15) is 30.3 Å². The van der Waals surface area contributed by atoms with Crippen LogP contribution >= 0.6 is 0 Å². The Hall–Kier alpha value is -1.59. The summed E-state index contributed by atoms with van der Waals surface area (Å²) < 4.78 is 11.3. The largest absolute Gasteiger partial charge is 0.394 e. The molecular formula is C62H117NO8. The predicted molar refractivity (Wildman–Crippen MR) is 300 cm³/mol. The van der Waals surface area contributed by atoms with Crippen molar-refractivity contribution in [1.29, 1.82) is 0 Å². The molecule has 1 aliphatic rings. The zero-order valence-electron chi connectivity index (χ0n) is 46.5. The van der Waals surface area contributed by atoms with E-state index in [1.165, 1.54) is 231 Å². The molecule has 0 aromatic rings. The van der Waals surface area contributed by atoms with Crippen LogP contribution in [0.1, 0.15) is 296 Å². The van der Waals surface area contributed by atoms with Gasteiger partial charge in [0.15, 0.2) is 6.29 Å². The number of nitrogens with one attached hydrogen (secondary N) is 1. The number of aliphatic hydroxyl groups is 5. The molecule has 71 heavy (non-hydrogen) atoms. The standard InChI is InChI=1S/C62H117NO8/c1-3-5-7-9-11-13-15-17-19-21-23-25-27-28-30-31-33-35-37-39-41-43-45-47-49-51-56(65)55(54-70-62-61(69)60(68)59(67)57(53-64)71-62)63-58(66)52-50-48-46-44-42-40-38-36-34-32-29-26-24-22-20-18-16-14-12-10-8-6-4-2/h16,18,22,24,49,51,55-57,59-62,64-65,67-69H,3-15,17,19-21,23,25-48,50,52-54H2,1-2H3,(H,63,66)/b18-16-,24-22-,51-49+. The van der Waals surface area contributed by atoms with Gasteiger partial charge < -0.3 is 40.3 Å². The molecule has 9 heteroatoms. The lowest BCUT2D eigenvalue weighted by Crippen LogP contribution is -2.60. The van der Waals surface area contributed by atoms with Gasteiger partial charge in [0.1, 0.15) is 24.4 Å². The van der Waals surface area contributed by atoms with E-state index in [1.54, 1.807) is 6.08 Å². The summed E-state index contributed by atoms with van der Waals surface area (Å²) in [5.41, 5.74) is 0. The number of carbonyl (C=O) groups excluding carboxylic acids is 1. The van der Waals surface area contributed by atoms with Crippen LogP contribution in [0.5, 0.6) is 0 Å². The Kier molecular flexibility index (Phi) is 49.3. The van der Waals surface area contributed by atoms with Crippen LogP contribution in [-0.2, 0) is 14.3 Å². The second kappa shape index (κ2) is 51.9. The molecule has 7 unspecified atom stereocenters. The number of ether oxygens (including phenoxy) is 2. The molecule has 0 bridgehead atoms. The first-order chi connectivity index (χ1) is 34.8. The quantitative estimate of drug-likeness (QED) is 0.0261. The first kappa shape index (κ1) is 67.4. The molecule has 0 aliphatic carbocycles. The van der Waals surface area contributed by atoms with Gasteiger partial charge in [-0.3, -0.25) is 4.79 Å². The monoisotopic (exact) mass is 1000 g/mol. The summed E-state index contributed by atoms with van der Waals surface area (Å²) in [4.78, 5) is 13.1. The molecule has 0 saturated carbocycles. The topological polar surface area (TPSA) is 149 Å². The van der Waals surface area contributed by atoms with Crippen molar-refractivity contribution >= 4 is 5.91 Å². The van der Waals surface area contributed by atoms with Gasteiger partial charge in [-0.1, -0.05) is 275 Å². The van der Waals surface area contributed by atoms with Crippen LogP contribution in [-0.4, -0.2) is 87.5 Å². The Labute approximate surface area is 438 Å². The van der Waals surface area contributed by atoms with E-state index in [1.807, 2.05) is 6.08 Å². The van der Waals surface area contributed by atoms with Crippen molar-refractivity contribution < 1.29 is 39.8 Å². The van der Waals surface area contributed by atoms with Gasteiger partial charge in [-0.25, -0.2) is 0 Å². The second-order valence-electron chi connectivity index (χ2n) is 21.5. The maximum atomic E-state index is 13.1. The van der Waals surface area contributed by atoms with Gasteiger partial charge in [-0.05, 0) is 51.4 Å². The molecule has 418 valence electrons. The lowest BCUT2D eigenvalue weighted by molar-refractivity contribution is -0.302. The van der Waals surface area contributed by atoms with Crippen LogP contribution in [0, 0.1) is 0 Å². The Morgan fingerprint density at radius 2 is 0.831 bits per heavy atom. The predicted octanol–water partition coefficient (Wildman–Crippen LogP) is 15.5. The Balaban J connectivity index is 2.20. The molecule has 9 nitrogen and oxygen atoms in total. The van der Waals surface area contributed by atoms with Gasteiger partial charge in [0.05, 0.1) is 25.4 Å². The molecular weight excluding hydrogens is 887 g/mol. The third-order valence-electron chi connectivity index (χ3n) is 14.7. The molecule has 0 spiro atoms. The van der Waals surface area contributed by atoms with Gasteiger partial charge >= 0.3 is 0 Å². The van der Waals surface area contributed by atoms with Crippen LogP contribution in [0.25, 0.3) is 0 Å². The van der Waals surface area contributed by atoms with Crippen molar-refractivity contribution in [1.82, 2.24) is 5.32 Å². The van der Waals surface area contributed by atoms with E-state index in [-0.39, 0.29) is 12.5 Å². The first-order valence-electron chi connectivity index (χ1n) is 30.7. The lowest BCUT2D eigenvalue weighted by atomic mass is 9.99. The number of allylic oxidation sites excluding steroid dienone is 5. The fourth-order valence-electron chi connectivity index (χ4n) is 9.84. The van der Waals surface area contributed by atoms with Gasteiger partial charge in [0, 0.05) is 6.42 Å². The minimum absolute atomic E-state index is 0.175. The summed E-state index contributed by atoms with van der Waals surface area (Å²) in [7, 11) is 0. The number of unbranched alkanes of at least 4 members (excludes halogenated alkanes) is 39. The molecule has 1 saturated heterocycles. The maximum absolute atomic E-state index is 13.1. The van der Waals surface area contributed by atoms with Crippen LogP contribution in [0.3, 0.4) is 0 Å². The van der Waals surface area contributed by atoms with E-state index < -0.39 is 49.5 Å². The SMILES string of the molecule is CCCCCCC/C=C\C/C=C\CCCCCCCCCCCCCC(=O)NC(COC1OC(CO)C(O)C(O)C1O)C(O)/C=C/CCCCCCCCCCCCCCCCCCCCCCCCC. The fourth-order valence-corrected chi connectivity index (χ4v) is 9.84. The summed E-state index contributed by atoms with van der Waals surface area (Å²) in [6.07, 6.45) is 60.7. The number of hydrogen-bond acceptors (Lipinski definition) is 8. The Morgan fingerprint density at radius 3 is 1.21 bits per heavy atom. The van der Waals surface area contributed by atoms with E-state index >= 15 is 0 Å². The van der Waals surface area contributed by atoms with Crippen molar-refractivity contribution in [2.45, 2.75) is 339 Å². The highest BCUT2D eigenvalue weighted by atomic mass is 16.7. The molecule has 6 N–H and O–H groups in total. The molecule has 1 fully saturated rings. The molecule has 0 aromatic carbocycles. The van der Waals surface area contributed by atoms with E-state index in [0.29, 0.717) is 6.42 Å². The van der Waals surface area contributed by atoms with Crippen LogP contribution in [0.2, 0.25) is 0 Å². The average molecular weight is 1000 g/mol. The molecule has 7 atom stereocenters. The third-order valence-corrected chi connectivity index (χ3v) is 14.7. The zero-order chi connectivity index (χ0) is 51.5. The van der Waals surface area contributed by atoms with Crippen molar-refractivity contribution in [3.05, 3.63) is 36.5 Å². The fraction of sp³-hybridized carbons (Fsp3) is 0.887. The summed E-state index contributed by atoms with van der Waals surface area (Å²) in [5, 5.41) is 54.6. The number of hydrogen-bond donors (Lipinski definition) is 6. The first-order valence-corrected chi connectivity index (χ1v) is 30.7. The Bertz CT molecular complexity index is 1210. The molecule has 1 amide bonds. The highest BCUT2D eigenvalue weighted by molar-refractivity contribution is 5.76. The van der Waals surface area contributed by atoms with Crippen molar-refractivity contribution in [3.8, 4) is 0 Å². The van der Waals surface area contributed by atoms with Crippen molar-refractivity contribution in [3.63, 3.8) is 0 Å². The number of aliphatic hydroxyl groups excluding tert-OH is 5. The van der Waals surface area contributed by atoms with E-state index in [4.69, 9.17) is 9.47 Å². The van der Waals surface area contributed by atoms with Gasteiger partial charge in [0.2, 0.25) is 5.91 Å². The van der Waals surface area contributed by atoms with Crippen molar-refractivity contribution in [2.24, 2.45) is 0 Å². The smallest absolute Gasteiger partial charge is 0.220 e. The van der Waals surface area contributed by atoms with Crippen molar-refractivity contribution in [2.75, 3.05) is 13.2 Å². The summed E-state index contributed by atoms with van der Waals surface area (Å²) >= 11 is 0. The summed E-state index contributed by atoms with van der Waals surface area (Å²) in [5.74, 6) is -0.175. The molecule has 0 aromatic heterocycles. The number of rotatable bonds is 53. The Morgan fingerprint density at radius 1 is 0.479 bits per heavy atom. The highest BCUT2D eigenvalue weighted by Gasteiger charge is 2.44. The molecule has 1 heterocycles. The van der Waals surface area contributed by atoms with Gasteiger partial charge in [-0.2, -0.15) is 0 Å². The summed E-state index contributed by atoms with van der Waals surface area (Å²) in [6, 6.07) is -0.807. The van der Waals surface area contributed by atoms with Crippen LogP contribution in [0.15, 0.2) is 36.5 Å². The second-order valence-corrected chi connectivity index (χ2v) is 21.5. The van der Waals surface area contributed by atoms with Gasteiger partial charge in [0.25, 0.3) is 0 Å². The van der Waals surface area contributed by atoms with Crippen LogP contribution in [0.4, 0.5) is 0 Å². The average Bonchev–Trinajstić information content (AvgIpc) is 3.37.